The topological polar surface area (TPSA) is 66.0 Å². The average Bonchev–Trinajstić information content (AvgIpc) is 3.14. The fraction of sp³-hybridized carbons (Fsp3) is 0.312. The quantitative estimate of drug-likeness (QED) is 0.574. The van der Waals surface area contributed by atoms with E-state index in [4.69, 9.17) is 9.15 Å². The summed E-state index contributed by atoms with van der Waals surface area (Å²) in [6.45, 7) is 4.41. The van der Waals surface area contributed by atoms with Crippen molar-refractivity contribution < 1.29 is 9.15 Å². The van der Waals surface area contributed by atoms with E-state index >= 15 is 0 Å². The molecule has 2 heterocycles. The number of hydrogen-bond donors (Lipinski definition) is 0. The second-order valence-electron chi connectivity index (χ2n) is 5.20. The number of hydrogen-bond acceptors (Lipinski definition) is 6. The molecule has 0 saturated heterocycles. The van der Waals surface area contributed by atoms with Gasteiger partial charge in [-0.25, -0.2) is 0 Å². The van der Waals surface area contributed by atoms with Crippen LogP contribution in [0.4, 0.5) is 0 Å². The minimum absolute atomic E-state index is 0.459. The molecule has 126 valence electrons. The van der Waals surface area contributed by atoms with Crippen LogP contribution < -0.4 is 4.74 Å². The van der Waals surface area contributed by atoms with Crippen molar-refractivity contribution in [3.05, 3.63) is 51.6 Å². The van der Waals surface area contributed by atoms with Crippen molar-refractivity contribution in [1.82, 2.24) is 20.0 Å². The van der Waals surface area contributed by atoms with E-state index in [1.54, 1.807) is 7.11 Å². The molecule has 0 bridgehead atoms. The monoisotopic (exact) mass is 408 g/mol. The van der Waals surface area contributed by atoms with Gasteiger partial charge in [-0.05, 0) is 35.8 Å². The summed E-state index contributed by atoms with van der Waals surface area (Å²) in [5, 5.41) is 13.2. The Hall–Kier alpha value is -1.80. The SMILES string of the molecule is COc1ccccc1CSc1nnc(Cn2nc(C)c(Br)c2C)o1. The molecule has 0 N–H and O–H groups in total. The molecule has 0 aliphatic carbocycles. The van der Waals surface area contributed by atoms with Gasteiger partial charge >= 0.3 is 0 Å². The highest BCUT2D eigenvalue weighted by Crippen LogP contribution is 2.27. The van der Waals surface area contributed by atoms with Crippen molar-refractivity contribution in [3.63, 3.8) is 0 Å². The van der Waals surface area contributed by atoms with E-state index in [0.717, 1.165) is 27.2 Å². The number of benzene rings is 1. The zero-order valence-electron chi connectivity index (χ0n) is 13.6. The van der Waals surface area contributed by atoms with Crippen LogP contribution in [0.25, 0.3) is 0 Å². The Morgan fingerprint density at radius 2 is 2.04 bits per heavy atom. The molecule has 3 aromatic rings. The van der Waals surface area contributed by atoms with Crippen molar-refractivity contribution >= 4 is 27.7 Å². The summed E-state index contributed by atoms with van der Waals surface area (Å²) in [7, 11) is 1.67. The van der Waals surface area contributed by atoms with Crippen LogP contribution in [0.2, 0.25) is 0 Å². The fourth-order valence-electron chi connectivity index (χ4n) is 2.28. The van der Waals surface area contributed by atoms with Crippen LogP contribution in [0.15, 0.2) is 38.4 Å². The first-order chi connectivity index (χ1) is 11.6. The summed E-state index contributed by atoms with van der Waals surface area (Å²) in [6.07, 6.45) is 0. The van der Waals surface area contributed by atoms with Gasteiger partial charge < -0.3 is 9.15 Å². The van der Waals surface area contributed by atoms with Gasteiger partial charge in [0.25, 0.3) is 5.22 Å². The number of ether oxygens (including phenoxy) is 1. The third-order valence-electron chi connectivity index (χ3n) is 3.57. The molecule has 0 aliphatic heterocycles. The lowest BCUT2D eigenvalue weighted by molar-refractivity contribution is 0.395. The Morgan fingerprint density at radius 1 is 1.25 bits per heavy atom. The highest BCUT2D eigenvalue weighted by atomic mass is 79.9. The first-order valence-electron chi connectivity index (χ1n) is 7.35. The van der Waals surface area contributed by atoms with Crippen LogP contribution in [-0.2, 0) is 12.3 Å². The third-order valence-corrected chi connectivity index (χ3v) is 5.59. The second-order valence-corrected chi connectivity index (χ2v) is 6.92. The summed E-state index contributed by atoms with van der Waals surface area (Å²) < 4.78 is 13.9. The van der Waals surface area contributed by atoms with Gasteiger partial charge in [0.1, 0.15) is 12.3 Å². The van der Waals surface area contributed by atoms with Gasteiger partial charge in [0.15, 0.2) is 0 Å². The number of methoxy groups -OCH3 is 1. The Kier molecular flexibility index (Phi) is 5.25. The molecule has 0 unspecified atom stereocenters. The highest BCUT2D eigenvalue weighted by molar-refractivity contribution is 9.10. The number of nitrogens with zero attached hydrogens (tertiary/aromatic N) is 4. The summed E-state index contributed by atoms with van der Waals surface area (Å²) in [4.78, 5) is 0. The highest BCUT2D eigenvalue weighted by Gasteiger charge is 2.13. The fourth-order valence-corrected chi connectivity index (χ4v) is 3.33. The van der Waals surface area contributed by atoms with Gasteiger partial charge in [-0.1, -0.05) is 30.0 Å². The van der Waals surface area contributed by atoms with Gasteiger partial charge in [-0.3, -0.25) is 4.68 Å². The third kappa shape index (κ3) is 3.64. The molecule has 8 heteroatoms. The predicted octanol–water partition coefficient (Wildman–Crippen LogP) is 3.99. The Labute approximate surface area is 152 Å². The van der Waals surface area contributed by atoms with Crippen molar-refractivity contribution in [2.24, 2.45) is 0 Å². The summed E-state index contributed by atoms with van der Waals surface area (Å²) in [5.41, 5.74) is 3.07. The molecular weight excluding hydrogens is 392 g/mol. The van der Waals surface area contributed by atoms with E-state index in [1.165, 1.54) is 11.8 Å². The average molecular weight is 409 g/mol. The molecule has 0 amide bonds. The van der Waals surface area contributed by atoms with Crippen molar-refractivity contribution in [2.45, 2.75) is 31.4 Å². The molecule has 6 nitrogen and oxygen atoms in total. The molecule has 0 saturated carbocycles. The predicted molar refractivity (Wildman–Crippen MR) is 95.4 cm³/mol. The van der Waals surface area contributed by atoms with Gasteiger partial charge in [0.2, 0.25) is 5.89 Å². The van der Waals surface area contributed by atoms with Crippen molar-refractivity contribution in [3.8, 4) is 5.75 Å². The normalized spacial score (nSPS) is 11.0. The Balaban J connectivity index is 1.66. The van der Waals surface area contributed by atoms with E-state index in [1.807, 2.05) is 42.8 Å². The van der Waals surface area contributed by atoms with Gasteiger partial charge in [-0.2, -0.15) is 5.10 Å². The first kappa shape index (κ1) is 17.0. The molecule has 0 radical (unpaired) electrons. The van der Waals surface area contributed by atoms with Crippen LogP contribution in [0.3, 0.4) is 0 Å². The van der Waals surface area contributed by atoms with E-state index in [0.29, 0.717) is 23.4 Å². The zero-order valence-corrected chi connectivity index (χ0v) is 16.0. The molecule has 0 spiro atoms. The maximum atomic E-state index is 5.71. The summed E-state index contributed by atoms with van der Waals surface area (Å²) >= 11 is 5.00. The first-order valence-corrected chi connectivity index (χ1v) is 9.13. The number of halogens is 1. The van der Waals surface area contributed by atoms with Gasteiger partial charge in [0.05, 0.1) is 23.0 Å². The van der Waals surface area contributed by atoms with Crippen LogP contribution in [0, 0.1) is 13.8 Å². The number of aromatic nitrogens is 4. The zero-order chi connectivity index (χ0) is 17.1. The van der Waals surface area contributed by atoms with E-state index in [9.17, 15) is 0 Å². The lowest BCUT2D eigenvalue weighted by atomic mass is 10.2. The van der Waals surface area contributed by atoms with Crippen LogP contribution in [0.1, 0.15) is 22.8 Å². The Morgan fingerprint density at radius 3 is 2.75 bits per heavy atom. The second kappa shape index (κ2) is 7.40. The van der Waals surface area contributed by atoms with Crippen LogP contribution >= 0.6 is 27.7 Å². The van der Waals surface area contributed by atoms with Gasteiger partial charge in [-0.15, -0.1) is 10.2 Å². The number of aryl methyl sites for hydroxylation is 1. The smallest absolute Gasteiger partial charge is 0.276 e. The lowest BCUT2D eigenvalue weighted by Gasteiger charge is -2.05. The maximum Gasteiger partial charge on any atom is 0.276 e. The van der Waals surface area contributed by atoms with Crippen molar-refractivity contribution in [2.75, 3.05) is 7.11 Å². The molecule has 24 heavy (non-hydrogen) atoms. The standard InChI is InChI=1S/C16H17BrN4O2S/c1-10-15(17)11(2)21(20-10)8-14-18-19-16(23-14)24-9-12-6-4-5-7-13(12)22-3/h4-7H,8-9H2,1-3H3. The molecule has 0 fully saturated rings. The van der Waals surface area contributed by atoms with E-state index < -0.39 is 0 Å². The number of thioether (sulfide) groups is 1. The minimum Gasteiger partial charge on any atom is -0.496 e. The molecule has 3 rings (SSSR count). The van der Waals surface area contributed by atoms with E-state index in [2.05, 4.69) is 31.2 Å². The molecule has 2 aromatic heterocycles. The maximum absolute atomic E-state index is 5.71. The van der Waals surface area contributed by atoms with E-state index in [-0.39, 0.29) is 0 Å². The lowest BCUT2D eigenvalue weighted by Crippen LogP contribution is -2.04. The molecule has 0 atom stereocenters. The molecule has 0 aliphatic rings. The number of para-hydroxylation sites is 1. The van der Waals surface area contributed by atoms with Crippen molar-refractivity contribution in [1.29, 1.82) is 0 Å². The minimum atomic E-state index is 0.459. The number of rotatable bonds is 6. The van der Waals surface area contributed by atoms with Crippen LogP contribution in [-0.4, -0.2) is 27.1 Å². The van der Waals surface area contributed by atoms with Crippen LogP contribution in [0.5, 0.6) is 5.75 Å². The largest absolute Gasteiger partial charge is 0.496 e. The molecular formula is C16H17BrN4O2S. The summed E-state index contributed by atoms with van der Waals surface area (Å²) in [6, 6.07) is 7.90. The molecule has 1 aromatic carbocycles. The Bertz CT molecular complexity index is 846. The summed E-state index contributed by atoms with van der Waals surface area (Å²) in [5.74, 6) is 2.10. The van der Waals surface area contributed by atoms with Gasteiger partial charge in [0, 0.05) is 11.3 Å².